The second-order valence-electron chi connectivity index (χ2n) is 6.29. The van der Waals surface area contributed by atoms with E-state index >= 15 is 0 Å². The number of hydrogen-bond donors (Lipinski definition) is 1. The van der Waals surface area contributed by atoms with Gasteiger partial charge in [0.25, 0.3) is 5.91 Å². The Kier molecular flexibility index (Phi) is 6.23. The molecule has 0 unspecified atom stereocenters. The van der Waals surface area contributed by atoms with Gasteiger partial charge in [-0.05, 0) is 37.0 Å². The third-order valence-electron chi connectivity index (χ3n) is 3.58. The minimum absolute atomic E-state index is 0.0952. The zero-order valence-corrected chi connectivity index (χ0v) is 14.8. The third kappa shape index (κ3) is 5.30. The fraction of sp³-hybridized carbons (Fsp3) is 0.444. The summed E-state index contributed by atoms with van der Waals surface area (Å²) in [6.45, 7) is 7.48. The van der Waals surface area contributed by atoms with Gasteiger partial charge in [-0.25, -0.2) is 9.97 Å². The van der Waals surface area contributed by atoms with E-state index in [1.165, 1.54) is 0 Å². The maximum atomic E-state index is 12.6. The lowest BCUT2D eigenvalue weighted by Gasteiger charge is -2.17. The third-order valence-corrected chi connectivity index (χ3v) is 3.58. The van der Waals surface area contributed by atoms with Crippen LogP contribution >= 0.6 is 0 Å². The Morgan fingerprint density at radius 2 is 1.96 bits per heavy atom. The summed E-state index contributed by atoms with van der Waals surface area (Å²) in [6, 6.07) is 5.64. The van der Waals surface area contributed by atoms with Gasteiger partial charge in [0.2, 0.25) is 0 Å². The van der Waals surface area contributed by atoms with Crippen molar-refractivity contribution < 1.29 is 4.79 Å². The first-order valence-electron chi connectivity index (χ1n) is 8.19. The van der Waals surface area contributed by atoms with Gasteiger partial charge in [0.15, 0.2) is 0 Å². The van der Waals surface area contributed by atoms with Crippen LogP contribution in [0.3, 0.4) is 0 Å². The van der Waals surface area contributed by atoms with E-state index in [4.69, 9.17) is 0 Å². The van der Waals surface area contributed by atoms with Crippen LogP contribution in [0.1, 0.15) is 35.7 Å². The number of aryl methyl sites for hydroxylation is 1. The molecule has 128 valence electrons. The average molecular weight is 327 g/mol. The molecule has 0 radical (unpaired) electrons. The van der Waals surface area contributed by atoms with Crippen LogP contribution in [0.4, 0.5) is 5.82 Å². The van der Waals surface area contributed by atoms with Gasteiger partial charge in [0.05, 0.1) is 0 Å². The Morgan fingerprint density at radius 1 is 1.25 bits per heavy atom. The summed E-state index contributed by atoms with van der Waals surface area (Å²) in [6.07, 6.45) is 4.31. The predicted octanol–water partition coefficient (Wildman–Crippen LogP) is 2.56. The second-order valence-corrected chi connectivity index (χ2v) is 6.29. The number of likely N-dealkylation sites (N-methyl/N-ethyl adjacent to an activating group) is 1. The Balaban J connectivity index is 2.02. The minimum atomic E-state index is -0.0952. The molecule has 1 amide bonds. The summed E-state index contributed by atoms with van der Waals surface area (Å²) in [5.74, 6) is 1.70. The molecule has 0 bridgehead atoms. The number of amides is 1. The van der Waals surface area contributed by atoms with Gasteiger partial charge in [0.1, 0.15) is 17.3 Å². The van der Waals surface area contributed by atoms with Crippen molar-refractivity contribution in [1.29, 1.82) is 0 Å². The fourth-order valence-corrected chi connectivity index (χ4v) is 2.22. The molecule has 0 aliphatic rings. The van der Waals surface area contributed by atoms with Crippen LogP contribution in [0.2, 0.25) is 0 Å². The lowest BCUT2D eigenvalue weighted by molar-refractivity contribution is 0.0790. The smallest absolute Gasteiger partial charge is 0.272 e. The molecule has 0 fully saturated rings. The van der Waals surface area contributed by atoms with Crippen molar-refractivity contribution >= 4 is 11.7 Å². The molecule has 0 aliphatic heterocycles. The summed E-state index contributed by atoms with van der Waals surface area (Å²) < 4.78 is 0. The largest absolute Gasteiger partial charge is 0.370 e. The molecule has 1 N–H and O–H groups in total. The highest BCUT2D eigenvalue weighted by molar-refractivity contribution is 5.92. The van der Waals surface area contributed by atoms with Gasteiger partial charge in [-0.15, -0.1) is 0 Å². The number of pyridine rings is 1. The zero-order valence-electron chi connectivity index (χ0n) is 14.8. The molecule has 0 aromatic carbocycles. The Morgan fingerprint density at radius 3 is 2.62 bits per heavy atom. The molecule has 0 spiro atoms. The van der Waals surface area contributed by atoms with Crippen molar-refractivity contribution in [3.05, 3.63) is 47.7 Å². The lowest BCUT2D eigenvalue weighted by Crippen LogP contribution is -2.30. The van der Waals surface area contributed by atoms with E-state index in [1.54, 1.807) is 37.3 Å². The first-order chi connectivity index (χ1) is 11.5. The SMILES string of the molecule is Cc1nc(NCC(C)C)cc(C(=O)N(C)CCc2ccncc2)n1. The minimum Gasteiger partial charge on any atom is -0.370 e. The van der Waals surface area contributed by atoms with Crippen LogP contribution in [0, 0.1) is 12.8 Å². The van der Waals surface area contributed by atoms with Crippen molar-refractivity contribution in [1.82, 2.24) is 19.9 Å². The first-order valence-corrected chi connectivity index (χ1v) is 8.19. The maximum Gasteiger partial charge on any atom is 0.272 e. The molecular weight excluding hydrogens is 302 g/mol. The second kappa shape index (κ2) is 8.38. The van der Waals surface area contributed by atoms with E-state index in [1.807, 2.05) is 12.1 Å². The average Bonchev–Trinajstić information content (AvgIpc) is 2.57. The Labute approximate surface area is 143 Å². The number of anilines is 1. The molecule has 2 heterocycles. The molecule has 2 aromatic heterocycles. The Hall–Kier alpha value is -2.50. The highest BCUT2D eigenvalue weighted by Gasteiger charge is 2.15. The number of rotatable bonds is 7. The van der Waals surface area contributed by atoms with Crippen LogP contribution in [-0.4, -0.2) is 45.9 Å². The molecule has 24 heavy (non-hydrogen) atoms. The monoisotopic (exact) mass is 327 g/mol. The van der Waals surface area contributed by atoms with Crippen molar-refractivity contribution in [2.45, 2.75) is 27.2 Å². The van der Waals surface area contributed by atoms with E-state index in [2.05, 4.69) is 34.1 Å². The maximum absolute atomic E-state index is 12.6. The number of carbonyl (C=O) groups is 1. The van der Waals surface area contributed by atoms with Gasteiger partial charge in [0, 0.05) is 38.6 Å². The van der Waals surface area contributed by atoms with Gasteiger partial charge in [-0.1, -0.05) is 13.8 Å². The summed E-state index contributed by atoms with van der Waals surface area (Å²) in [7, 11) is 1.79. The molecule has 0 aliphatic carbocycles. The predicted molar refractivity (Wildman–Crippen MR) is 95.0 cm³/mol. The van der Waals surface area contributed by atoms with E-state index in [0.29, 0.717) is 29.8 Å². The van der Waals surface area contributed by atoms with Crippen LogP contribution in [0.5, 0.6) is 0 Å². The van der Waals surface area contributed by atoms with Crippen LogP contribution in [-0.2, 0) is 6.42 Å². The van der Waals surface area contributed by atoms with E-state index in [-0.39, 0.29) is 5.91 Å². The van der Waals surface area contributed by atoms with E-state index in [9.17, 15) is 4.79 Å². The summed E-state index contributed by atoms with van der Waals surface area (Å²) in [5, 5.41) is 3.25. The topological polar surface area (TPSA) is 71.0 Å². The molecule has 0 saturated carbocycles. The number of nitrogens with one attached hydrogen (secondary N) is 1. The highest BCUT2D eigenvalue weighted by atomic mass is 16.2. The number of hydrogen-bond acceptors (Lipinski definition) is 5. The zero-order chi connectivity index (χ0) is 17.5. The lowest BCUT2D eigenvalue weighted by atomic mass is 10.2. The molecule has 0 saturated heterocycles. The molecule has 2 aromatic rings. The van der Waals surface area contributed by atoms with Crippen LogP contribution < -0.4 is 5.32 Å². The van der Waals surface area contributed by atoms with Gasteiger partial charge < -0.3 is 10.2 Å². The number of carbonyl (C=O) groups excluding carboxylic acids is 1. The highest BCUT2D eigenvalue weighted by Crippen LogP contribution is 2.10. The normalized spacial score (nSPS) is 10.7. The standard InChI is InChI=1S/C18H25N5O/c1-13(2)12-20-17-11-16(21-14(3)22-17)18(24)23(4)10-7-15-5-8-19-9-6-15/h5-6,8-9,11,13H,7,10,12H2,1-4H3,(H,20,21,22). The van der Waals surface area contributed by atoms with Crippen molar-refractivity contribution in [3.63, 3.8) is 0 Å². The summed E-state index contributed by atoms with van der Waals surface area (Å²) in [5.41, 5.74) is 1.58. The summed E-state index contributed by atoms with van der Waals surface area (Å²) in [4.78, 5) is 26.9. The molecular formula is C18H25N5O. The molecule has 2 rings (SSSR count). The van der Waals surface area contributed by atoms with Crippen molar-refractivity contribution in [2.24, 2.45) is 5.92 Å². The molecule has 6 nitrogen and oxygen atoms in total. The van der Waals surface area contributed by atoms with E-state index in [0.717, 1.165) is 18.5 Å². The van der Waals surface area contributed by atoms with E-state index < -0.39 is 0 Å². The van der Waals surface area contributed by atoms with Crippen LogP contribution in [0.25, 0.3) is 0 Å². The first kappa shape index (κ1) is 17.8. The van der Waals surface area contributed by atoms with Gasteiger partial charge in [-0.2, -0.15) is 0 Å². The molecule has 0 atom stereocenters. The van der Waals surface area contributed by atoms with Gasteiger partial charge >= 0.3 is 0 Å². The summed E-state index contributed by atoms with van der Waals surface area (Å²) >= 11 is 0. The van der Waals surface area contributed by atoms with Crippen molar-refractivity contribution in [3.8, 4) is 0 Å². The van der Waals surface area contributed by atoms with Gasteiger partial charge in [-0.3, -0.25) is 9.78 Å². The molecule has 6 heteroatoms. The number of aromatic nitrogens is 3. The quantitative estimate of drug-likeness (QED) is 0.846. The fourth-order valence-electron chi connectivity index (χ4n) is 2.22. The Bertz CT molecular complexity index is 672. The van der Waals surface area contributed by atoms with Crippen molar-refractivity contribution in [2.75, 3.05) is 25.5 Å². The number of nitrogens with zero attached hydrogens (tertiary/aromatic N) is 4. The van der Waals surface area contributed by atoms with Crippen LogP contribution in [0.15, 0.2) is 30.6 Å².